The number of benzene rings is 2. The summed E-state index contributed by atoms with van der Waals surface area (Å²) in [5.74, 6) is -3.54. The summed E-state index contributed by atoms with van der Waals surface area (Å²) >= 11 is 0. The fourth-order valence-corrected chi connectivity index (χ4v) is 2.58. The molecule has 2 amide bonds. The van der Waals surface area contributed by atoms with Crippen LogP contribution in [0.3, 0.4) is 0 Å². The monoisotopic (exact) mass is 334 g/mol. The van der Waals surface area contributed by atoms with E-state index >= 15 is 0 Å². The zero-order valence-corrected chi connectivity index (χ0v) is 12.4. The molecule has 1 atom stereocenters. The van der Waals surface area contributed by atoms with Crippen LogP contribution in [0, 0.1) is 23.4 Å². The van der Waals surface area contributed by atoms with E-state index in [2.05, 4.69) is 5.32 Å². The number of nitrogens with one attached hydrogen (secondary N) is 1. The molecular formula is C17H13F3N2O2. The van der Waals surface area contributed by atoms with Crippen molar-refractivity contribution >= 4 is 23.2 Å². The number of nitrogens with zero attached hydrogens (tertiary/aromatic N) is 1. The zero-order chi connectivity index (χ0) is 17.3. The summed E-state index contributed by atoms with van der Waals surface area (Å²) in [6.07, 6.45) is -0.0357. The molecule has 0 aliphatic carbocycles. The molecule has 1 N–H and O–H groups in total. The van der Waals surface area contributed by atoms with Crippen molar-refractivity contribution in [3.63, 3.8) is 0 Å². The van der Waals surface area contributed by atoms with Gasteiger partial charge in [-0.25, -0.2) is 13.2 Å². The predicted molar refractivity (Wildman–Crippen MR) is 81.8 cm³/mol. The van der Waals surface area contributed by atoms with Gasteiger partial charge in [0.15, 0.2) is 0 Å². The van der Waals surface area contributed by atoms with Gasteiger partial charge >= 0.3 is 0 Å². The molecule has 7 heteroatoms. The van der Waals surface area contributed by atoms with Crippen molar-refractivity contribution in [2.45, 2.75) is 6.42 Å². The Bertz CT molecular complexity index is 793. The average Bonchev–Trinajstić information content (AvgIpc) is 2.93. The Hall–Kier alpha value is -2.83. The summed E-state index contributed by atoms with van der Waals surface area (Å²) in [6, 6.07) is 8.18. The van der Waals surface area contributed by atoms with E-state index in [1.807, 2.05) is 0 Å². The van der Waals surface area contributed by atoms with Gasteiger partial charge < -0.3 is 10.2 Å². The third-order valence-electron chi connectivity index (χ3n) is 3.82. The molecule has 1 aliphatic heterocycles. The van der Waals surface area contributed by atoms with Crippen LogP contribution < -0.4 is 10.2 Å². The third-order valence-corrected chi connectivity index (χ3v) is 3.82. The third kappa shape index (κ3) is 3.24. The minimum Gasteiger partial charge on any atom is -0.323 e. The fourth-order valence-electron chi connectivity index (χ4n) is 2.58. The predicted octanol–water partition coefficient (Wildman–Crippen LogP) is 3.10. The molecular weight excluding hydrogens is 321 g/mol. The summed E-state index contributed by atoms with van der Waals surface area (Å²) in [4.78, 5) is 25.7. The lowest BCUT2D eigenvalue weighted by molar-refractivity contribution is -0.122. The van der Waals surface area contributed by atoms with Crippen LogP contribution in [0.5, 0.6) is 0 Å². The first-order chi connectivity index (χ1) is 11.4. The van der Waals surface area contributed by atoms with Gasteiger partial charge in [-0.05, 0) is 36.4 Å². The van der Waals surface area contributed by atoms with Gasteiger partial charge in [0.05, 0.1) is 11.6 Å². The molecule has 1 fully saturated rings. The summed E-state index contributed by atoms with van der Waals surface area (Å²) in [5, 5.41) is 2.36. The Morgan fingerprint density at radius 2 is 1.71 bits per heavy atom. The quantitative estimate of drug-likeness (QED) is 0.938. The van der Waals surface area contributed by atoms with Crippen LogP contribution in [-0.2, 0) is 9.59 Å². The molecule has 2 aromatic carbocycles. The Kier molecular flexibility index (Phi) is 4.24. The summed E-state index contributed by atoms with van der Waals surface area (Å²) < 4.78 is 39.4. The van der Waals surface area contributed by atoms with Gasteiger partial charge in [0.1, 0.15) is 17.5 Å². The van der Waals surface area contributed by atoms with E-state index in [4.69, 9.17) is 0 Å². The van der Waals surface area contributed by atoms with Gasteiger partial charge in [0, 0.05) is 24.7 Å². The summed E-state index contributed by atoms with van der Waals surface area (Å²) in [7, 11) is 0. The molecule has 0 unspecified atom stereocenters. The highest BCUT2D eigenvalue weighted by molar-refractivity contribution is 6.03. The maximum absolute atomic E-state index is 13.6. The van der Waals surface area contributed by atoms with Crippen LogP contribution in [0.4, 0.5) is 24.5 Å². The number of hydrogen-bond acceptors (Lipinski definition) is 2. The van der Waals surface area contributed by atoms with Gasteiger partial charge in [-0.2, -0.15) is 0 Å². The molecule has 0 radical (unpaired) electrons. The first kappa shape index (κ1) is 16.0. The normalized spacial score (nSPS) is 17.2. The lowest BCUT2D eigenvalue weighted by Gasteiger charge is -2.16. The highest BCUT2D eigenvalue weighted by Crippen LogP contribution is 2.26. The highest BCUT2D eigenvalue weighted by atomic mass is 19.1. The molecule has 2 aromatic rings. The van der Waals surface area contributed by atoms with Crippen molar-refractivity contribution < 1.29 is 22.8 Å². The number of carbonyl (C=O) groups excluding carboxylic acids is 2. The molecule has 0 saturated carbocycles. The van der Waals surface area contributed by atoms with E-state index in [0.29, 0.717) is 11.8 Å². The van der Waals surface area contributed by atoms with Crippen molar-refractivity contribution in [2.24, 2.45) is 5.92 Å². The van der Waals surface area contributed by atoms with Gasteiger partial charge in [0.25, 0.3) is 0 Å². The van der Waals surface area contributed by atoms with Crippen LogP contribution >= 0.6 is 0 Å². The lowest BCUT2D eigenvalue weighted by atomic mass is 10.1. The van der Waals surface area contributed by atoms with Crippen molar-refractivity contribution in [2.75, 3.05) is 16.8 Å². The van der Waals surface area contributed by atoms with E-state index in [1.165, 1.54) is 29.2 Å². The van der Waals surface area contributed by atoms with Crippen LogP contribution in [0.15, 0.2) is 42.5 Å². The van der Waals surface area contributed by atoms with Crippen LogP contribution in [0.25, 0.3) is 0 Å². The Balaban J connectivity index is 1.70. The van der Waals surface area contributed by atoms with E-state index < -0.39 is 29.3 Å². The van der Waals surface area contributed by atoms with E-state index in [1.54, 1.807) is 0 Å². The fraction of sp³-hybridized carbons (Fsp3) is 0.176. The minimum atomic E-state index is -0.886. The van der Waals surface area contributed by atoms with Gasteiger partial charge in [-0.1, -0.05) is 0 Å². The molecule has 1 saturated heterocycles. The lowest BCUT2D eigenvalue weighted by Crippen LogP contribution is -2.28. The zero-order valence-electron chi connectivity index (χ0n) is 12.4. The second-order valence-corrected chi connectivity index (χ2v) is 5.50. The van der Waals surface area contributed by atoms with Crippen LogP contribution in [0.1, 0.15) is 6.42 Å². The summed E-state index contributed by atoms with van der Waals surface area (Å²) in [6.45, 7) is 0.110. The Labute approximate surface area is 135 Å². The van der Waals surface area contributed by atoms with Gasteiger partial charge in [-0.15, -0.1) is 0 Å². The second kappa shape index (κ2) is 6.35. The SMILES string of the molecule is O=C(Nc1ccc(F)cc1F)[C@@H]1CC(=O)N(c2ccc(F)cc2)C1. The maximum atomic E-state index is 13.6. The molecule has 0 spiro atoms. The minimum absolute atomic E-state index is 0.0357. The molecule has 24 heavy (non-hydrogen) atoms. The molecule has 1 aliphatic rings. The molecule has 4 nitrogen and oxygen atoms in total. The smallest absolute Gasteiger partial charge is 0.229 e. The Morgan fingerprint density at radius 1 is 1.04 bits per heavy atom. The van der Waals surface area contributed by atoms with Gasteiger partial charge in [-0.3, -0.25) is 9.59 Å². The standard InChI is InChI=1S/C17H13F3N2O2/c18-11-1-4-13(5-2-11)22-9-10(7-16(22)23)17(24)21-15-6-3-12(19)8-14(15)20/h1-6,8,10H,7,9H2,(H,21,24)/t10-/m1/s1. The van der Waals surface area contributed by atoms with E-state index in [0.717, 1.165) is 12.1 Å². The molecule has 3 rings (SSSR count). The van der Waals surface area contributed by atoms with E-state index in [9.17, 15) is 22.8 Å². The number of anilines is 2. The molecule has 1 heterocycles. The number of carbonyl (C=O) groups is 2. The van der Waals surface area contributed by atoms with Crippen molar-refractivity contribution in [3.8, 4) is 0 Å². The number of amides is 2. The second-order valence-electron chi connectivity index (χ2n) is 5.50. The van der Waals surface area contributed by atoms with Crippen molar-refractivity contribution in [1.82, 2.24) is 0 Å². The number of halogens is 3. The topological polar surface area (TPSA) is 49.4 Å². The van der Waals surface area contributed by atoms with Crippen molar-refractivity contribution in [3.05, 3.63) is 59.9 Å². The maximum Gasteiger partial charge on any atom is 0.229 e. The molecule has 0 aromatic heterocycles. The van der Waals surface area contributed by atoms with E-state index in [-0.39, 0.29) is 24.6 Å². The first-order valence-electron chi connectivity index (χ1n) is 7.26. The average molecular weight is 334 g/mol. The van der Waals surface area contributed by atoms with Crippen LogP contribution in [0.2, 0.25) is 0 Å². The first-order valence-corrected chi connectivity index (χ1v) is 7.26. The largest absolute Gasteiger partial charge is 0.323 e. The number of hydrogen-bond donors (Lipinski definition) is 1. The number of rotatable bonds is 3. The van der Waals surface area contributed by atoms with Gasteiger partial charge in [0.2, 0.25) is 11.8 Å². The Morgan fingerprint density at radius 3 is 2.38 bits per heavy atom. The van der Waals surface area contributed by atoms with Crippen molar-refractivity contribution in [1.29, 1.82) is 0 Å². The molecule has 124 valence electrons. The molecule has 0 bridgehead atoms. The highest BCUT2D eigenvalue weighted by Gasteiger charge is 2.35. The van der Waals surface area contributed by atoms with Crippen LogP contribution in [-0.4, -0.2) is 18.4 Å². The summed E-state index contributed by atoms with van der Waals surface area (Å²) in [5.41, 5.74) is 0.346.